The quantitative estimate of drug-likeness (QED) is 0.417. The molecule has 0 aromatic rings. The molecule has 0 amide bonds. The maximum absolute atomic E-state index is 8.17. The molecule has 2 nitrogen and oxygen atoms in total. The monoisotopic (exact) mass is 86.1 g/mol. The molecule has 0 bridgehead atoms. The molecule has 0 aliphatic carbocycles. The first-order chi connectivity index (χ1) is 2.77. The van der Waals surface area contributed by atoms with Gasteiger partial charge in [0.15, 0.2) is 0 Å². The van der Waals surface area contributed by atoms with Crippen molar-refractivity contribution in [3.8, 4) is 0 Å². The van der Waals surface area contributed by atoms with Gasteiger partial charge in [0.1, 0.15) is 7.85 Å². The van der Waals surface area contributed by atoms with Crippen LogP contribution in [0.25, 0.3) is 0 Å². The Morgan fingerprint density at radius 2 is 2.17 bits per heavy atom. The highest BCUT2D eigenvalue weighted by Gasteiger charge is 1.88. The molecule has 0 aromatic carbocycles. The van der Waals surface area contributed by atoms with Gasteiger partial charge in [0.05, 0.1) is 0 Å². The maximum atomic E-state index is 8.17. The highest BCUT2D eigenvalue weighted by Crippen LogP contribution is 1.78. The Morgan fingerprint density at radius 3 is 2.17 bits per heavy atom. The molecule has 0 spiro atoms. The summed E-state index contributed by atoms with van der Waals surface area (Å²) in [4.78, 5) is 0. The SMILES string of the molecule is [B]C(O)CCO. The smallest absolute Gasteiger partial charge is 0.108 e. The van der Waals surface area contributed by atoms with Crippen LogP contribution in [0.3, 0.4) is 0 Å². The Bertz CT molecular complexity index is 30.0. The van der Waals surface area contributed by atoms with E-state index in [1.54, 1.807) is 0 Å². The van der Waals surface area contributed by atoms with Gasteiger partial charge in [-0.1, -0.05) is 0 Å². The number of aliphatic hydroxyl groups is 2. The molecule has 2 N–H and O–H groups in total. The van der Waals surface area contributed by atoms with Crippen molar-refractivity contribution in [1.82, 2.24) is 0 Å². The van der Waals surface area contributed by atoms with Crippen molar-refractivity contribution in [2.75, 3.05) is 6.61 Å². The van der Waals surface area contributed by atoms with Crippen LogP contribution in [0.2, 0.25) is 0 Å². The minimum Gasteiger partial charge on any atom is -0.403 e. The van der Waals surface area contributed by atoms with Crippen LogP contribution in [-0.4, -0.2) is 30.7 Å². The van der Waals surface area contributed by atoms with Gasteiger partial charge in [-0.05, 0) is 6.42 Å². The number of aliphatic hydroxyl groups excluding tert-OH is 2. The molecule has 2 radical (unpaired) electrons. The lowest BCUT2D eigenvalue weighted by Crippen LogP contribution is -2.06. The van der Waals surface area contributed by atoms with Crippen LogP contribution in [0.15, 0.2) is 0 Å². The lowest BCUT2D eigenvalue weighted by molar-refractivity contribution is 0.193. The summed E-state index contributed by atoms with van der Waals surface area (Å²) in [5.41, 5.74) is 0. The van der Waals surface area contributed by atoms with Gasteiger partial charge < -0.3 is 10.2 Å². The van der Waals surface area contributed by atoms with E-state index in [9.17, 15) is 0 Å². The van der Waals surface area contributed by atoms with E-state index in [1.165, 1.54) is 0 Å². The fourth-order valence-electron chi connectivity index (χ4n) is 0.132. The van der Waals surface area contributed by atoms with Crippen LogP contribution in [0.5, 0.6) is 0 Å². The van der Waals surface area contributed by atoms with E-state index in [0.717, 1.165) is 0 Å². The maximum Gasteiger partial charge on any atom is 0.108 e. The second kappa shape index (κ2) is 3.19. The summed E-state index contributed by atoms with van der Waals surface area (Å²) >= 11 is 0. The molecule has 3 heteroatoms. The predicted octanol–water partition coefficient (Wildman–Crippen LogP) is -1.14. The minimum absolute atomic E-state index is 0.0440. The lowest BCUT2D eigenvalue weighted by Gasteiger charge is -1.95. The summed E-state index contributed by atoms with van der Waals surface area (Å²) in [6.07, 6.45) is 0.264. The van der Waals surface area contributed by atoms with Gasteiger partial charge in [-0.25, -0.2) is 0 Å². The van der Waals surface area contributed by atoms with Gasteiger partial charge in [-0.3, -0.25) is 0 Å². The Labute approximate surface area is 38.2 Å². The van der Waals surface area contributed by atoms with E-state index < -0.39 is 6.00 Å². The molecule has 34 valence electrons. The second-order valence-corrected chi connectivity index (χ2v) is 1.08. The molecule has 0 fully saturated rings. The molecular formula is C3H7BO2. The third-order valence-electron chi connectivity index (χ3n) is 0.425. The van der Waals surface area contributed by atoms with Crippen molar-refractivity contribution < 1.29 is 10.2 Å². The van der Waals surface area contributed by atoms with E-state index in [2.05, 4.69) is 0 Å². The molecule has 1 unspecified atom stereocenters. The summed E-state index contributed by atoms with van der Waals surface area (Å²) in [5, 5.41) is 16.2. The first-order valence-corrected chi connectivity index (χ1v) is 1.82. The average molecular weight is 85.9 g/mol. The van der Waals surface area contributed by atoms with Crippen molar-refractivity contribution in [3.63, 3.8) is 0 Å². The summed E-state index contributed by atoms with van der Waals surface area (Å²) in [6.45, 7) is -0.0440. The van der Waals surface area contributed by atoms with Gasteiger partial charge in [0, 0.05) is 12.6 Å². The van der Waals surface area contributed by atoms with Crippen LogP contribution in [0, 0.1) is 0 Å². The summed E-state index contributed by atoms with van der Waals surface area (Å²) < 4.78 is 0. The lowest BCUT2D eigenvalue weighted by atomic mass is 9.98. The van der Waals surface area contributed by atoms with E-state index in [-0.39, 0.29) is 13.0 Å². The van der Waals surface area contributed by atoms with Crippen LogP contribution >= 0.6 is 0 Å². The normalized spacial score (nSPS) is 14.3. The fraction of sp³-hybridized carbons (Fsp3) is 1.00. The highest BCUT2D eigenvalue weighted by atomic mass is 16.3. The highest BCUT2D eigenvalue weighted by molar-refractivity contribution is 6.10. The van der Waals surface area contributed by atoms with E-state index >= 15 is 0 Å². The Balaban J connectivity index is 2.63. The molecule has 0 saturated heterocycles. The van der Waals surface area contributed by atoms with Gasteiger partial charge in [-0.15, -0.1) is 0 Å². The van der Waals surface area contributed by atoms with Crippen LogP contribution in [-0.2, 0) is 0 Å². The van der Waals surface area contributed by atoms with Crippen LogP contribution < -0.4 is 0 Å². The standard InChI is InChI=1S/C3H7BO2/c4-3(6)1-2-5/h3,5-6H,1-2H2. The minimum atomic E-state index is -0.852. The molecule has 0 rings (SSSR count). The third-order valence-corrected chi connectivity index (χ3v) is 0.425. The van der Waals surface area contributed by atoms with Gasteiger partial charge in [0.2, 0.25) is 0 Å². The summed E-state index contributed by atoms with van der Waals surface area (Å²) in [6, 6.07) is -0.852. The molecule has 6 heavy (non-hydrogen) atoms. The largest absolute Gasteiger partial charge is 0.403 e. The summed E-state index contributed by atoms with van der Waals surface area (Å²) in [5.74, 6) is 0. The Kier molecular flexibility index (Phi) is 3.18. The molecular weight excluding hydrogens is 78.8 g/mol. The van der Waals surface area contributed by atoms with E-state index in [0.29, 0.717) is 0 Å². The van der Waals surface area contributed by atoms with Crippen LogP contribution in [0.1, 0.15) is 6.42 Å². The van der Waals surface area contributed by atoms with Crippen molar-refractivity contribution in [2.24, 2.45) is 0 Å². The fourth-order valence-corrected chi connectivity index (χ4v) is 0.132. The number of hydrogen-bond acceptors (Lipinski definition) is 2. The molecule has 1 atom stereocenters. The first-order valence-electron chi connectivity index (χ1n) is 1.82. The zero-order valence-corrected chi connectivity index (χ0v) is 3.46. The number of rotatable bonds is 2. The van der Waals surface area contributed by atoms with Gasteiger partial charge in [0.25, 0.3) is 0 Å². The Morgan fingerprint density at radius 1 is 1.67 bits per heavy atom. The second-order valence-electron chi connectivity index (χ2n) is 1.08. The van der Waals surface area contributed by atoms with Gasteiger partial charge >= 0.3 is 0 Å². The van der Waals surface area contributed by atoms with Crippen molar-refractivity contribution >= 4 is 7.85 Å². The third kappa shape index (κ3) is 3.98. The molecule has 0 saturated carbocycles. The molecule has 0 aromatic heterocycles. The Hall–Kier alpha value is -0.0151. The predicted molar refractivity (Wildman–Crippen MR) is 23.5 cm³/mol. The van der Waals surface area contributed by atoms with Crippen molar-refractivity contribution in [2.45, 2.75) is 12.4 Å². The average Bonchev–Trinajstić information content (AvgIpc) is 1.35. The van der Waals surface area contributed by atoms with E-state index in [1.807, 2.05) is 0 Å². The van der Waals surface area contributed by atoms with Gasteiger partial charge in [-0.2, -0.15) is 0 Å². The van der Waals surface area contributed by atoms with Crippen LogP contribution in [0.4, 0.5) is 0 Å². The van der Waals surface area contributed by atoms with Crippen molar-refractivity contribution in [3.05, 3.63) is 0 Å². The summed E-state index contributed by atoms with van der Waals surface area (Å²) in [7, 11) is 4.80. The molecule has 0 aliphatic rings. The first kappa shape index (κ1) is 5.98. The molecule has 0 aliphatic heterocycles. The zero-order chi connectivity index (χ0) is 4.99. The zero-order valence-electron chi connectivity index (χ0n) is 3.46. The number of hydrogen-bond donors (Lipinski definition) is 2. The molecule has 0 heterocycles. The van der Waals surface area contributed by atoms with Crippen molar-refractivity contribution in [1.29, 1.82) is 0 Å². The van der Waals surface area contributed by atoms with E-state index in [4.69, 9.17) is 18.1 Å². The topological polar surface area (TPSA) is 40.5 Å².